The first-order valence-electron chi connectivity index (χ1n) is 21.0. The number of carbonyl (C=O) groups excluding carboxylic acids is 8. The van der Waals surface area contributed by atoms with Crippen LogP contribution in [-0.4, -0.2) is 101 Å². The van der Waals surface area contributed by atoms with E-state index in [1.54, 1.807) is 6.92 Å². The number of hydrogen-bond donors (Lipinski definition) is 8. The Bertz CT molecular complexity index is 1370. The standard InChI is InChI=1S/C42H77N7O9/c1-22(2)16-15-17-35(52)49-36(30(14)51)42(58)44-28(12)37(53)45-32(19-24(5)6)39(55)47-34(21-26(9)10)41(57)48-33(20-25(7)8)40(56)46-31(18-23(3)4)38(54)43-27(11)29(13)50/h22-28,30-34,36,51H,15-21H2,1-14H3,(H,43,54)(H,44,58)(H,45,53)(H,46,56)(H,47,55)(H,48,57)(H,49,52). The lowest BCUT2D eigenvalue weighted by Crippen LogP contribution is -2.60. The molecule has 7 amide bonds. The van der Waals surface area contributed by atoms with E-state index in [1.807, 2.05) is 69.2 Å². The largest absolute Gasteiger partial charge is 0.391 e. The fourth-order valence-corrected chi connectivity index (χ4v) is 6.03. The summed E-state index contributed by atoms with van der Waals surface area (Å²) in [6, 6.07) is -7.43. The van der Waals surface area contributed by atoms with Crippen LogP contribution >= 0.6 is 0 Å². The van der Waals surface area contributed by atoms with Crippen molar-refractivity contribution in [3.8, 4) is 0 Å². The van der Waals surface area contributed by atoms with Crippen LogP contribution in [0.5, 0.6) is 0 Å². The molecule has 0 rings (SSSR count). The lowest BCUT2D eigenvalue weighted by atomic mass is 9.98. The van der Waals surface area contributed by atoms with E-state index in [4.69, 9.17) is 0 Å². The molecule has 0 bridgehead atoms. The van der Waals surface area contributed by atoms with Gasteiger partial charge in [0.25, 0.3) is 0 Å². The maximum atomic E-state index is 13.9. The Labute approximate surface area is 347 Å². The molecule has 58 heavy (non-hydrogen) atoms. The smallest absolute Gasteiger partial charge is 0.245 e. The van der Waals surface area contributed by atoms with Gasteiger partial charge in [-0.05, 0) is 89.4 Å². The normalized spacial score (nSPS) is 15.7. The van der Waals surface area contributed by atoms with Crippen LogP contribution in [0.3, 0.4) is 0 Å². The van der Waals surface area contributed by atoms with Gasteiger partial charge in [-0.3, -0.25) is 38.4 Å². The van der Waals surface area contributed by atoms with E-state index in [0.29, 0.717) is 12.3 Å². The SMILES string of the molecule is CC(=O)C(C)NC(=O)C(CC(C)C)NC(=O)C(CC(C)C)NC(=O)C(CC(C)C)NC(=O)C(CC(C)C)NC(=O)C(C)NC(=O)C(NC(=O)CCCC(C)C)C(C)O. The fourth-order valence-electron chi connectivity index (χ4n) is 6.03. The molecule has 0 aliphatic heterocycles. The highest BCUT2D eigenvalue weighted by Crippen LogP contribution is 2.13. The fraction of sp³-hybridized carbons (Fsp3) is 0.810. The zero-order valence-electron chi connectivity index (χ0n) is 37.7. The Morgan fingerprint density at radius 3 is 1.05 bits per heavy atom. The van der Waals surface area contributed by atoms with Crippen LogP contribution in [0.2, 0.25) is 0 Å². The van der Waals surface area contributed by atoms with E-state index in [-0.39, 0.29) is 61.6 Å². The van der Waals surface area contributed by atoms with Gasteiger partial charge in [0.2, 0.25) is 41.4 Å². The maximum Gasteiger partial charge on any atom is 0.245 e. The number of ketones is 1. The van der Waals surface area contributed by atoms with Crippen molar-refractivity contribution in [2.75, 3.05) is 0 Å². The van der Waals surface area contributed by atoms with Crippen molar-refractivity contribution in [2.45, 2.75) is 190 Å². The first-order chi connectivity index (χ1) is 26.7. The highest BCUT2D eigenvalue weighted by molar-refractivity contribution is 5.97. The van der Waals surface area contributed by atoms with Crippen molar-refractivity contribution in [1.82, 2.24) is 37.2 Å². The molecule has 0 saturated heterocycles. The summed E-state index contributed by atoms with van der Waals surface area (Å²) in [5.74, 6) is -4.23. The third-order valence-corrected chi connectivity index (χ3v) is 9.35. The van der Waals surface area contributed by atoms with Crippen molar-refractivity contribution >= 4 is 47.1 Å². The van der Waals surface area contributed by atoms with Crippen molar-refractivity contribution in [2.24, 2.45) is 29.6 Å². The van der Waals surface area contributed by atoms with Crippen molar-refractivity contribution < 1.29 is 43.5 Å². The van der Waals surface area contributed by atoms with Crippen molar-refractivity contribution in [3.63, 3.8) is 0 Å². The number of amides is 7. The minimum absolute atomic E-state index is 0.0177. The zero-order valence-corrected chi connectivity index (χ0v) is 37.7. The molecule has 334 valence electrons. The van der Waals surface area contributed by atoms with Crippen LogP contribution in [0.1, 0.15) is 142 Å². The highest BCUT2D eigenvalue weighted by Gasteiger charge is 2.34. The highest BCUT2D eigenvalue weighted by atomic mass is 16.3. The number of carbonyl (C=O) groups is 8. The van der Waals surface area contributed by atoms with Gasteiger partial charge in [0.05, 0.1) is 12.1 Å². The molecule has 0 aromatic heterocycles. The van der Waals surface area contributed by atoms with Gasteiger partial charge in [0.15, 0.2) is 5.78 Å². The van der Waals surface area contributed by atoms with Gasteiger partial charge in [-0.25, -0.2) is 0 Å². The van der Waals surface area contributed by atoms with Crippen LogP contribution in [0.25, 0.3) is 0 Å². The summed E-state index contributed by atoms with van der Waals surface area (Å²) in [7, 11) is 0. The summed E-state index contributed by atoms with van der Waals surface area (Å²) in [5, 5.41) is 29.0. The van der Waals surface area contributed by atoms with Crippen LogP contribution in [0.15, 0.2) is 0 Å². The molecule has 0 aromatic rings. The third kappa shape index (κ3) is 22.2. The predicted molar refractivity (Wildman–Crippen MR) is 224 cm³/mol. The maximum absolute atomic E-state index is 13.9. The molecule has 16 heteroatoms. The second-order valence-electron chi connectivity index (χ2n) is 17.9. The van der Waals surface area contributed by atoms with Gasteiger partial charge >= 0.3 is 0 Å². The lowest BCUT2D eigenvalue weighted by molar-refractivity contribution is -0.136. The molecule has 8 unspecified atom stereocenters. The van der Waals surface area contributed by atoms with Crippen LogP contribution in [0, 0.1) is 29.6 Å². The van der Waals surface area contributed by atoms with Gasteiger partial charge < -0.3 is 42.3 Å². The Kier molecular flexibility index (Phi) is 24.9. The topological polar surface area (TPSA) is 241 Å². The number of aliphatic hydroxyl groups excluding tert-OH is 1. The van der Waals surface area contributed by atoms with E-state index in [0.717, 1.165) is 6.42 Å². The van der Waals surface area contributed by atoms with E-state index < -0.39 is 89.7 Å². The van der Waals surface area contributed by atoms with Gasteiger partial charge in [0.1, 0.15) is 36.3 Å². The molecular formula is C42H77N7O9. The summed E-state index contributed by atoms with van der Waals surface area (Å²) in [5.41, 5.74) is 0. The van der Waals surface area contributed by atoms with E-state index in [2.05, 4.69) is 37.2 Å². The van der Waals surface area contributed by atoms with E-state index in [9.17, 15) is 43.5 Å². The molecule has 0 saturated carbocycles. The number of rotatable bonds is 27. The van der Waals surface area contributed by atoms with Crippen LogP contribution in [-0.2, 0) is 38.4 Å². The summed E-state index contributed by atoms with van der Waals surface area (Å²) >= 11 is 0. The molecular weight excluding hydrogens is 747 g/mol. The van der Waals surface area contributed by atoms with Crippen molar-refractivity contribution in [1.29, 1.82) is 0 Å². The first-order valence-corrected chi connectivity index (χ1v) is 21.0. The summed E-state index contributed by atoms with van der Waals surface area (Å²) < 4.78 is 0. The van der Waals surface area contributed by atoms with Gasteiger partial charge in [-0.15, -0.1) is 0 Å². The van der Waals surface area contributed by atoms with E-state index >= 15 is 0 Å². The predicted octanol–water partition coefficient (Wildman–Crippen LogP) is 2.40. The molecule has 16 nitrogen and oxygen atoms in total. The quantitative estimate of drug-likeness (QED) is 0.0606. The third-order valence-electron chi connectivity index (χ3n) is 9.35. The Balaban J connectivity index is 6.08. The molecule has 0 aliphatic carbocycles. The van der Waals surface area contributed by atoms with E-state index in [1.165, 1.54) is 20.8 Å². The molecule has 8 N–H and O–H groups in total. The molecule has 0 spiro atoms. The van der Waals surface area contributed by atoms with Crippen LogP contribution < -0.4 is 37.2 Å². The minimum Gasteiger partial charge on any atom is -0.391 e. The van der Waals surface area contributed by atoms with Gasteiger partial charge in [-0.1, -0.05) is 75.7 Å². The second kappa shape index (κ2) is 26.8. The number of hydrogen-bond acceptors (Lipinski definition) is 9. The Morgan fingerprint density at radius 2 is 0.741 bits per heavy atom. The van der Waals surface area contributed by atoms with Crippen molar-refractivity contribution in [3.05, 3.63) is 0 Å². The molecule has 0 aliphatic rings. The lowest BCUT2D eigenvalue weighted by Gasteiger charge is -2.29. The minimum atomic E-state index is -1.30. The average Bonchev–Trinajstić information content (AvgIpc) is 3.07. The average molecular weight is 824 g/mol. The first kappa shape index (κ1) is 53.9. The molecule has 0 heterocycles. The molecule has 0 aromatic carbocycles. The van der Waals surface area contributed by atoms with Crippen LogP contribution in [0.4, 0.5) is 0 Å². The number of aliphatic hydroxyl groups is 1. The van der Waals surface area contributed by atoms with Gasteiger partial charge in [-0.2, -0.15) is 0 Å². The molecule has 0 fully saturated rings. The Hall–Kier alpha value is -4.08. The summed E-state index contributed by atoms with van der Waals surface area (Å²) in [6.45, 7) is 24.8. The zero-order chi connectivity index (χ0) is 45.0. The Morgan fingerprint density at radius 1 is 0.414 bits per heavy atom. The van der Waals surface area contributed by atoms with Gasteiger partial charge in [0, 0.05) is 6.42 Å². The number of Topliss-reactive ketones (excluding diaryl/α,β-unsaturated/α-hetero) is 1. The number of nitrogens with one attached hydrogen (secondary N) is 7. The second-order valence-corrected chi connectivity index (χ2v) is 17.9. The summed E-state index contributed by atoms with van der Waals surface area (Å²) in [6.07, 6.45) is 1.28. The summed E-state index contributed by atoms with van der Waals surface area (Å²) in [4.78, 5) is 105. The molecule has 8 atom stereocenters. The monoisotopic (exact) mass is 824 g/mol. The molecule has 0 radical (unpaired) electrons.